The van der Waals surface area contributed by atoms with Gasteiger partial charge in [0.05, 0.1) is 5.18 Å². The second kappa shape index (κ2) is 5.58. The highest BCUT2D eigenvalue weighted by atomic mass is 16.6. The van der Waals surface area contributed by atoms with Gasteiger partial charge in [0.15, 0.2) is 0 Å². The Morgan fingerprint density at radius 2 is 1.82 bits per heavy atom. The summed E-state index contributed by atoms with van der Waals surface area (Å²) in [5.41, 5.74) is -0.206. The number of nitrogens with zero attached hydrogens (tertiary/aromatic N) is 2. The number of amides is 1. The predicted molar refractivity (Wildman–Crippen MR) is 65.8 cm³/mol. The molecule has 0 N–H and O–H groups in total. The third-order valence-corrected chi connectivity index (χ3v) is 3.31. The molecule has 1 fully saturated rings. The lowest BCUT2D eigenvalue weighted by Crippen LogP contribution is -2.48. The summed E-state index contributed by atoms with van der Waals surface area (Å²) in [6, 6.07) is 0.114. The van der Waals surface area contributed by atoms with Crippen molar-refractivity contribution in [2.24, 2.45) is 10.6 Å². The number of hydrogen-bond donors (Lipinski definition) is 0. The molecular weight excluding hydrogens is 220 g/mol. The minimum absolute atomic E-state index is 0.114. The van der Waals surface area contributed by atoms with E-state index < -0.39 is 6.09 Å². The van der Waals surface area contributed by atoms with Gasteiger partial charge in [0.25, 0.3) is 0 Å². The highest BCUT2D eigenvalue weighted by molar-refractivity contribution is 5.68. The standard InChI is InChI=1S/C12H22N2O3/c1-9(14-7-5-6-8-14)10(12(2,3)4)17-11(15)13-16/h9-10H,5-8H2,1-4H3. The third-order valence-electron chi connectivity index (χ3n) is 3.31. The third kappa shape index (κ3) is 3.77. The van der Waals surface area contributed by atoms with E-state index in [9.17, 15) is 9.70 Å². The van der Waals surface area contributed by atoms with E-state index in [1.54, 1.807) is 0 Å². The van der Waals surface area contributed by atoms with Crippen LogP contribution in [-0.4, -0.2) is 36.2 Å². The molecule has 2 atom stereocenters. The zero-order chi connectivity index (χ0) is 13.1. The van der Waals surface area contributed by atoms with Crippen LogP contribution in [0.1, 0.15) is 40.5 Å². The van der Waals surface area contributed by atoms with E-state index in [2.05, 4.69) is 10.1 Å². The van der Waals surface area contributed by atoms with Crippen LogP contribution < -0.4 is 0 Å². The fourth-order valence-electron chi connectivity index (χ4n) is 2.47. The van der Waals surface area contributed by atoms with E-state index in [4.69, 9.17) is 4.74 Å². The summed E-state index contributed by atoms with van der Waals surface area (Å²) in [6.45, 7) is 10.1. The zero-order valence-corrected chi connectivity index (χ0v) is 11.1. The number of ether oxygens (including phenoxy) is 1. The highest BCUT2D eigenvalue weighted by Gasteiger charge is 2.37. The van der Waals surface area contributed by atoms with Crippen molar-refractivity contribution in [2.45, 2.75) is 52.7 Å². The van der Waals surface area contributed by atoms with Gasteiger partial charge in [-0.1, -0.05) is 20.8 Å². The van der Waals surface area contributed by atoms with Crippen LogP contribution in [0.2, 0.25) is 0 Å². The van der Waals surface area contributed by atoms with Gasteiger partial charge in [-0.25, -0.2) is 4.79 Å². The van der Waals surface area contributed by atoms with Crippen LogP contribution >= 0.6 is 0 Å². The average molecular weight is 242 g/mol. The van der Waals surface area contributed by atoms with E-state index in [1.807, 2.05) is 27.7 Å². The summed E-state index contributed by atoms with van der Waals surface area (Å²) >= 11 is 0. The fraction of sp³-hybridized carbons (Fsp3) is 0.917. The molecule has 1 heterocycles. The SMILES string of the molecule is CC(C(OC(=O)N=O)C(C)(C)C)N1CCCC1. The maximum absolute atomic E-state index is 11.1. The van der Waals surface area contributed by atoms with Crippen molar-refractivity contribution in [3.63, 3.8) is 0 Å². The first-order chi connectivity index (χ1) is 7.86. The maximum Gasteiger partial charge on any atom is 0.470 e. The van der Waals surface area contributed by atoms with Gasteiger partial charge in [-0.3, -0.25) is 4.90 Å². The summed E-state index contributed by atoms with van der Waals surface area (Å²) in [5, 5.41) is 2.32. The van der Waals surface area contributed by atoms with Crippen molar-refractivity contribution in [3.05, 3.63) is 4.91 Å². The fourth-order valence-corrected chi connectivity index (χ4v) is 2.47. The lowest BCUT2D eigenvalue weighted by Gasteiger charge is -2.38. The molecule has 0 bridgehead atoms. The van der Waals surface area contributed by atoms with Crippen LogP contribution in [0, 0.1) is 10.3 Å². The Bertz CT molecular complexity index is 280. The molecule has 1 rings (SSSR count). The molecule has 0 radical (unpaired) electrons. The zero-order valence-electron chi connectivity index (χ0n) is 11.1. The highest BCUT2D eigenvalue weighted by Crippen LogP contribution is 2.29. The second-order valence-corrected chi connectivity index (χ2v) is 5.75. The van der Waals surface area contributed by atoms with Crippen molar-refractivity contribution in [2.75, 3.05) is 13.1 Å². The van der Waals surface area contributed by atoms with Gasteiger partial charge in [0.1, 0.15) is 6.10 Å². The molecule has 5 heteroatoms. The maximum atomic E-state index is 11.1. The molecule has 98 valence electrons. The summed E-state index contributed by atoms with van der Waals surface area (Å²) in [6.07, 6.45) is 1.03. The number of rotatable bonds is 3. The van der Waals surface area contributed by atoms with Gasteiger partial charge in [-0.2, -0.15) is 0 Å². The minimum atomic E-state index is -1.02. The van der Waals surface area contributed by atoms with Crippen LogP contribution in [-0.2, 0) is 4.74 Å². The van der Waals surface area contributed by atoms with Gasteiger partial charge in [0.2, 0.25) is 0 Å². The number of carbonyl (C=O) groups excluding carboxylic acids is 1. The first-order valence-electron chi connectivity index (χ1n) is 6.14. The topological polar surface area (TPSA) is 59.0 Å². The molecule has 1 aliphatic rings. The summed E-state index contributed by atoms with van der Waals surface area (Å²) < 4.78 is 5.18. The predicted octanol–water partition coefficient (Wildman–Crippen LogP) is 2.79. The number of carbonyl (C=O) groups is 1. The number of likely N-dealkylation sites (tertiary alicyclic amines) is 1. The lowest BCUT2D eigenvalue weighted by molar-refractivity contribution is -0.0166. The largest absolute Gasteiger partial charge is 0.470 e. The van der Waals surface area contributed by atoms with Crippen LogP contribution in [0.25, 0.3) is 0 Å². The van der Waals surface area contributed by atoms with Crippen LogP contribution in [0.3, 0.4) is 0 Å². The molecular formula is C12H22N2O3. The van der Waals surface area contributed by atoms with Crippen molar-refractivity contribution >= 4 is 6.09 Å². The van der Waals surface area contributed by atoms with E-state index >= 15 is 0 Å². The first kappa shape index (κ1) is 14.1. The Morgan fingerprint density at radius 1 is 1.29 bits per heavy atom. The average Bonchev–Trinajstić information content (AvgIpc) is 2.76. The van der Waals surface area contributed by atoms with Gasteiger partial charge in [-0.05, 0) is 32.9 Å². The molecule has 1 saturated heterocycles. The van der Waals surface area contributed by atoms with Crippen molar-refractivity contribution in [3.8, 4) is 0 Å². The minimum Gasteiger partial charge on any atom is -0.440 e. The van der Waals surface area contributed by atoms with E-state index in [0.717, 1.165) is 13.1 Å². The number of hydrogen-bond acceptors (Lipinski definition) is 4. The Kier molecular flexibility index (Phi) is 4.62. The van der Waals surface area contributed by atoms with Gasteiger partial charge in [0, 0.05) is 11.5 Å². The normalized spacial score (nSPS) is 20.9. The van der Waals surface area contributed by atoms with E-state index in [1.165, 1.54) is 12.8 Å². The summed E-state index contributed by atoms with van der Waals surface area (Å²) in [4.78, 5) is 23.5. The summed E-state index contributed by atoms with van der Waals surface area (Å²) in [5.74, 6) is 0. The quantitative estimate of drug-likeness (QED) is 0.714. The van der Waals surface area contributed by atoms with Gasteiger partial charge in [-0.15, -0.1) is 4.91 Å². The van der Waals surface area contributed by atoms with E-state index in [0.29, 0.717) is 0 Å². The molecule has 1 aliphatic heterocycles. The molecule has 0 aromatic rings. The van der Waals surface area contributed by atoms with Crippen molar-refractivity contribution < 1.29 is 9.53 Å². The Morgan fingerprint density at radius 3 is 2.24 bits per heavy atom. The molecule has 1 amide bonds. The monoisotopic (exact) mass is 242 g/mol. The Balaban J connectivity index is 2.74. The van der Waals surface area contributed by atoms with Gasteiger partial charge >= 0.3 is 6.09 Å². The molecule has 0 aliphatic carbocycles. The van der Waals surface area contributed by atoms with Crippen LogP contribution in [0.5, 0.6) is 0 Å². The smallest absolute Gasteiger partial charge is 0.440 e. The summed E-state index contributed by atoms with van der Waals surface area (Å²) in [7, 11) is 0. The molecule has 0 aromatic carbocycles. The molecule has 0 spiro atoms. The molecule has 17 heavy (non-hydrogen) atoms. The molecule has 5 nitrogen and oxygen atoms in total. The first-order valence-corrected chi connectivity index (χ1v) is 6.14. The van der Waals surface area contributed by atoms with Gasteiger partial charge < -0.3 is 4.74 Å². The van der Waals surface area contributed by atoms with Crippen LogP contribution in [0.15, 0.2) is 5.18 Å². The Labute approximate surface area is 102 Å². The van der Waals surface area contributed by atoms with Crippen LogP contribution in [0.4, 0.5) is 4.79 Å². The molecule has 0 aromatic heterocycles. The van der Waals surface area contributed by atoms with Crippen molar-refractivity contribution in [1.82, 2.24) is 4.90 Å². The molecule has 0 saturated carbocycles. The lowest BCUT2D eigenvalue weighted by atomic mass is 9.84. The second-order valence-electron chi connectivity index (χ2n) is 5.75. The van der Waals surface area contributed by atoms with E-state index in [-0.39, 0.29) is 17.6 Å². The molecule has 2 unspecified atom stereocenters. The Hall–Kier alpha value is -0.970. The number of nitroso groups, excluding NO2 is 1. The van der Waals surface area contributed by atoms with Crippen molar-refractivity contribution in [1.29, 1.82) is 0 Å².